The topological polar surface area (TPSA) is 66.3 Å². The molecule has 1 aliphatic heterocycles. The first-order valence-corrected chi connectivity index (χ1v) is 8.37. The minimum Gasteiger partial charge on any atom is -0.396 e. The lowest BCUT2D eigenvalue weighted by atomic mass is 9.75. The Kier molecular flexibility index (Phi) is 5.20. The highest BCUT2D eigenvalue weighted by atomic mass is 16.3. The van der Waals surface area contributed by atoms with Gasteiger partial charge in [-0.05, 0) is 30.4 Å². The molecule has 1 aromatic heterocycles. The third kappa shape index (κ3) is 3.97. The number of hydrogen-bond acceptors (Lipinski definition) is 4. The minimum atomic E-state index is -0.248. The van der Waals surface area contributed by atoms with Gasteiger partial charge in [0, 0.05) is 30.9 Å². The van der Waals surface area contributed by atoms with E-state index in [-0.39, 0.29) is 17.9 Å². The van der Waals surface area contributed by atoms with E-state index in [2.05, 4.69) is 22.1 Å². The third-order valence-corrected chi connectivity index (χ3v) is 4.74. The fourth-order valence-electron chi connectivity index (χ4n) is 3.49. The molecule has 0 aliphatic carbocycles. The molecule has 0 radical (unpaired) electrons. The largest absolute Gasteiger partial charge is 0.396 e. The molecule has 0 bridgehead atoms. The van der Waals surface area contributed by atoms with Crippen LogP contribution >= 0.6 is 0 Å². The van der Waals surface area contributed by atoms with Crippen molar-refractivity contribution in [1.82, 2.24) is 14.9 Å². The molecule has 2 aromatic rings. The Hall–Kier alpha value is -2.27. The standard InChI is InChI=1S/C19H23N3O2/c23-14-19(10-16-5-2-1-3-6-16)7-4-8-22(13-19)18(24)9-17-11-20-15-21-12-17/h1-3,5-6,11-12,15,23H,4,7-10,13-14H2. The molecule has 1 saturated heterocycles. The summed E-state index contributed by atoms with van der Waals surface area (Å²) in [5.41, 5.74) is 1.78. The number of piperidine rings is 1. The maximum atomic E-state index is 12.6. The van der Waals surface area contributed by atoms with E-state index in [1.807, 2.05) is 23.1 Å². The van der Waals surface area contributed by atoms with Crippen molar-refractivity contribution in [3.05, 3.63) is 60.2 Å². The van der Waals surface area contributed by atoms with Gasteiger partial charge in [0.15, 0.2) is 0 Å². The van der Waals surface area contributed by atoms with Crippen LogP contribution in [-0.4, -0.2) is 45.6 Å². The van der Waals surface area contributed by atoms with E-state index >= 15 is 0 Å². The molecule has 0 spiro atoms. The highest BCUT2D eigenvalue weighted by Crippen LogP contribution is 2.33. The van der Waals surface area contributed by atoms with E-state index in [0.29, 0.717) is 13.0 Å². The quantitative estimate of drug-likeness (QED) is 0.911. The number of aliphatic hydroxyl groups excluding tert-OH is 1. The summed E-state index contributed by atoms with van der Waals surface area (Å²) in [6.45, 7) is 1.45. The maximum Gasteiger partial charge on any atom is 0.227 e. The first kappa shape index (κ1) is 16.6. The van der Waals surface area contributed by atoms with Crippen molar-refractivity contribution in [2.24, 2.45) is 5.41 Å². The zero-order chi connectivity index (χ0) is 16.8. The molecule has 1 amide bonds. The highest BCUT2D eigenvalue weighted by molar-refractivity contribution is 5.78. The average molecular weight is 325 g/mol. The number of nitrogens with zero attached hydrogens (tertiary/aromatic N) is 3. The zero-order valence-electron chi connectivity index (χ0n) is 13.8. The van der Waals surface area contributed by atoms with Crippen LogP contribution in [0.2, 0.25) is 0 Å². The molecular formula is C19H23N3O2. The van der Waals surface area contributed by atoms with Crippen LogP contribution in [0.5, 0.6) is 0 Å². The van der Waals surface area contributed by atoms with Crippen LogP contribution in [0, 0.1) is 5.41 Å². The molecule has 0 saturated carbocycles. The lowest BCUT2D eigenvalue weighted by Gasteiger charge is -2.42. The predicted octanol–water partition coefficient (Wildman–Crippen LogP) is 1.86. The Bertz CT molecular complexity index is 663. The van der Waals surface area contributed by atoms with Gasteiger partial charge in [0.25, 0.3) is 0 Å². The SMILES string of the molecule is O=C(Cc1cncnc1)N1CCCC(CO)(Cc2ccccc2)C1. The second kappa shape index (κ2) is 7.53. The van der Waals surface area contributed by atoms with Gasteiger partial charge >= 0.3 is 0 Å². The lowest BCUT2D eigenvalue weighted by Crippen LogP contribution is -2.49. The van der Waals surface area contributed by atoms with Gasteiger partial charge in [-0.25, -0.2) is 9.97 Å². The number of aliphatic hydroxyl groups is 1. The average Bonchev–Trinajstić information content (AvgIpc) is 2.63. The molecular weight excluding hydrogens is 302 g/mol. The van der Waals surface area contributed by atoms with Crippen LogP contribution in [0.15, 0.2) is 49.1 Å². The Labute approximate surface area is 142 Å². The van der Waals surface area contributed by atoms with Crippen molar-refractivity contribution in [2.75, 3.05) is 19.7 Å². The van der Waals surface area contributed by atoms with E-state index in [4.69, 9.17) is 0 Å². The summed E-state index contributed by atoms with van der Waals surface area (Å²) in [6.07, 6.45) is 7.79. The smallest absolute Gasteiger partial charge is 0.227 e. The van der Waals surface area contributed by atoms with Crippen molar-refractivity contribution >= 4 is 5.91 Å². The summed E-state index contributed by atoms with van der Waals surface area (Å²) in [4.78, 5) is 22.4. The summed E-state index contributed by atoms with van der Waals surface area (Å²) < 4.78 is 0. The number of rotatable bonds is 5. The van der Waals surface area contributed by atoms with E-state index in [1.54, 1.807) is 12.4 Å². The lowest BCUT2D eigenvalue weighted by molar-refractivity contribution is -0.134. The van der Waals surface area contributed by atoms with Crippen molar-refractivity contribution in [2.45, 2.75) is 25.7 Å². The first-order valence-electron chi connectivity index (χ1n) is 8.37. The number of carbonyl (C=O) groups is 1. The summed E-state index contributed by atoms with van der Waals surface area (Å²) >= 11 is 0. The number of likely N-dealkylation sites (tertiary alicyclic amines) is 1. The van der Waals surface area contributed by atoms with Crippen LogP contribution in [0.4, 0.5) is 0 Å². The molecule has 24 heavy (non-hydrogen) atoms. The van der Waals surface area contributed by atoms with Gasteiger partial charge < -0.3 is 10.0 Å². The maximum absolute atomic E-state index is 12.6. The summed E-state index contributed by atoms with van der Waals surface area (Å²) in [5, 5.41) is 10.0. The van der Waals surface area contributed by atoms with Crippen molar-refractivity contribution in [3.8, 4) is 0 Å². The van der Waals surface area contributed by atoms with Gasteiger partial charge in [-0.2, -0.15) is 0 Å². The minimum absolute atomic E-state index is 0.0791. The fraction of sp³-hybridized carbons (Fsp3) is 0.421. The zero-order valence-corrected chi connectivity index (χ0v) is 13.8. The van der Waals surface area contributed by atoms with Crippen LogP contribution in [0.1, 0.15) is 24.0 Å². The molecule has 1 unspecified atom stereocenters. The molecule has 5 nitrogen and oxygen atoms in total. The second-order valence-electron chi connectivity index (χ2n) is 6.66. The van der Waals surface area contributed by atoms with Gasteiger partial charge in [-0.3, -0.25) is 4.79 Å². The number of aromatic nitrogens is 2. The Morgan fingerprint density at radius 1 is 1.17 bits per heavy atom. The van der Waals surface area contributed by atoms with Gasteiger partial charge in [0.2, 0.25) is 5.91 Å². The van der Waals surface area contributed by atoms with E-state index in [0.717, 1.165) is 31.4 Å². The molecule has 1 N–H and O–H groups in total. The van der Waals surface area contributed by atoms with Crippen molar-refractivity contribution in [1.29, 1.82) is 0 Å². The highest BCUT2D eigenvalue weighted by Gasteiger charge is 2.36. The number of amides is 1. The molecule has 5 heteroatoms. The van der Waals surface area contributed by atoms with Gasteiger partial charge in [0.1, 0.15) is 6.33 Å². The molecule has 3 rings (SSSR count). The van der Waals surface area contributed by atoms with Crippen LogP contribution < -0.4 is 0 Å². The van der Waals surface area contributed by atoms with E-state index < -0.39 is 0 Å². The van der Waals surface area contributed by atoms with Gasteiger partial charge in [-0.15, -0.1) is 0 Å². The Morgan fingerprint density at radius 3 is 2.62 bits per heavy atom. The predicted molar refractivity (Wildman–Crippen MR) is 91.2 cm³/mol. The van der Waals surface area contributed by atoms with Gasteiger partial charge in [0.05, 0.1) is 13.0 Å². The summed E-state index contributed by atoms with van der Waals surface area (Å²) in [5.74, 6) is 0.0791. The fourth-order valence-corrected chi connectivity index (χ4v) is 3.49. The van der Waals surface area contributed by atoms with Crippen LogP contribution in [0.3, 0.4) is 0 Å². The summed E-state index contributed by atoms with van der Waals surface area (Å²) in [7, 11) is 0. The molecule has 1 atom stereocenters. The number of hydrogen-bond donors (Lipinski definition) is 1. The number of carbonyl (C=O) groups excluding carboxylic acids is 1. The molecule has 1 aliphatic rings. The molecule has 1 aromatic carbocycles. The molecule has 126 valence electrons. The second-order valence-corrected chi connectivity index (χ2v) is 6.66. The molecule has 1 fully saturated rings. The first-order chi connectivity index (χ1) is 11.7. The van der Waals surface area contributed by atoms with E-state index in [9.17, 15) is 9.90 Å². The normalized spacial score (nSPS) is 20.8. The monoisotopic (exact) mass is 325 g/mol. The van der Waals surface area contributed by atoms with Crippen molar-refractivity contribution < 1.29 is 9.90 Å². The summed E-state index contributed by atoms with van der Waals surface area (Å²) in [6, 6.07) is 10.2. The van der Waals surface area contributed by atoms with Crippen LogP contribution in [-0.2, 0) is 17.6 Å². The van der Waals surface area contributed by atoms with Crippen LogP contribution in [0.25, 0.3) is 0 Å². The number of benzene rings is 1. The Balaban J connectivity index is 1.68. The van der Waals surface area contributed by atoms with Crippen molar-refractivity contribution in [3.63, 3.8) is 0 Å². The van der Waals surface area contributed by atoms with E-state index in [1.165, 1.54) is 11.9 Å². The molecule has 2 heterocycles. The Morgan fingerprint density at radius 2 is 1.92 bits per heavy atom. The van der Waals surface area contributed by atoms with Gasteiger partial charge in [-0.1, -0.05) is 30.3 Å². The third-order valence-electron chi connectivity index (χ3n) is 4.74.